The highest BCUT2D eigenvalue weighted by Gasteiger charge is 2.11. The Morgan fingerprint density at radius 2 is 1.86 bits per heavy atom. The standard InChI is InChI=1S/C16H19FN2O2S/c1-12-6-7-15(17)9-14(12)11-19-10-13-4-3-5-16(8-13)22(20,21)18-2/h3-9,18-19H,10-11H2,1-2H3. The van der Waals surface area contributed by atoms with Crippen molar-refractivity contribution in [2.24, 2.45) is 0 Å². The average molecular weight is 322 g/mol. The van der Waals surface area contributed by atoms with Crippen molar-refractivity contribution >= 4 is 10.0 Å². The lowest BCUT2D eigenvalue weighted by Gasteiger charge is -2.09. The molecule has 2 rings (SSSR count). The van der Waals surface area contributed by atoms with Crippen molar-refractivity contribution in [3.05, 3.63) is 65.0 Å². The number of halogens is 1. The molecule has 0 aliphatic heterocycles. The Hall–Kier alpha value is -1.76. The summed E-state index contributed by atoms with van der Waals surface area (Å²) in [6.07, 6.45) is 0. The minimum absolute atomic E-state index is 0.233. The molecule has 2 N–H and O–H groups in total. The summed E-state index contributed by atoms with van der Waals surface area (Å²) in [5.41, 5.74) is 2.75. The van der Waals surface area contributed by atoms with Crippen molar-refractivity contribution in [1.82, 2.24) is 10.0 Å². The summed E-state index contributed by atoms with van der Waals surface area (Å²) in [5, 5.41) is 3.20. The SMILES string of the molecule is CNS(=O)(=O)c1cccc(CNCc2cc(F)ccc2C)c1. The Balaban J connectivity index is 2.03. The Bertz CT molecular complexity index is 760. The van der Waals surface area contributed by atoms with E-state index < -0.39 is 10.0 Å². The van der Waals surface area contributed by atoms with E-state index in [1.807, 2.05) is 13.0 Å². The highest BCUT2D eigenvalue weighted by Crippen LogP contribution is 2.12. The average Bonchev–Trinajstić information content (AvgIpc) is 2.51. The molecule has 0 saturated carbocycles. The third kappa shape index (κ3) is 4.13. The van der Waals surface area contributed by atoms with Gasteiger partial charge in [-0.2, -0.15) is 0 Å². The van der Waals surface area contributed by atoms with Crippen LogP contribution in [-0.4, -0.2) is 15.5 Å². The van der Waals surface area contributed by atoms with Gasteiger partial charge in [-0.25, -0.2) is 17.5 Å². The van der Waals surface area contributed by atoms with Crippen LogP contribution in [0.3, 0.4) is 0 Å². The first kappa shape index (κ1) is 16.6. The van der Waals surface area contributed by atoms with Crippen LogP contribution in [0.5, 0.6) is 0 Å². The second-order valence-electron chi connectivity index (χ2n) is 5.03. The molecule has 2 aromatic carbocycles. The molecule has 0 amide bonds. The van der Waals surface area contributed by atoms with E-state index in [1.165, 1.54) is 19.2 Å². The summed E-state index contributed by atoms with van der Waals surface area (Å²) in [6.45, 7) is 2.95. The molecule has 0 fully saturated rings. The predicted molar refractivity (Wildman–Crippen MR) is 84.4 cm³/mol. The van der Waals surface area contributed by atoms with Crippen molar-refractivity contribution in [2.75, 3.05) is 7.05 Å². The van der Waals surface area contributed by atoms with Gasteiger partial charge in [0.1, 0.15) is 5.82 Å². The molecular weight excluding hydrogens is 303 g/mol. The molecule has 0 bridgehead atoms. The maximum atomic E-state index is 13.2. The van der Waals surface area contributed by atoms with E-state index in [0.29, 0.717) is 13.1 Å². The molecule has 2 aromatic rings. The van der Waals surface area contributed by atoms with E-state index in [9.17, 15) is 12.8 Å². The Labute approximate surface area is 130 Å². The molecule has 0 saturated heterocycles. The highest BCUT2D eigenvalue weighted by atomic mass is 32.2. The van der Waals surface area contributed by atoms with Crippen LogP contribution in [0.4, 0.5) is 4.39 Å². The number of nitrogens with one attached hydrogen (secondary N) is 2. The molecule has 0 unspecified atom stereocenters. The first-order valence-corrected chi connectivity index (χ1v) is 8.39. The molecule has 0 atom stereocenters. The minimum Gasteiger partial charge on any atom is -0.309 e. The van der Waals surface area contributed by atoms with Gasteiger partial charge in [-0.15, -0.1) is 0 Å². The van der Waals surface area contributed by atoms with Crippen molar-refractivity contribution in [2.45, 2.75) is 24.9 Å². The van der Waals surface area contributed by atoms with E-state index in [0.717, 1.165) is 16.7 Å². The largest absolute Gasteiger partial charge is 0.309 e. The molecule has 4 nitrogen and oxygen atoms in total. The second kappa shape index (κ2) is 7.00. The molecule has 118 valence electrons. The Morgan fingerprint density at radius 1 is 1.09 bits per heavy atom. The van der Waals surface area contributed by atoms with Crippen LogP contribution in [-0.2, 0) is 23.1 Å². The van der Waals surface area contributed by atoms with Crippen LogP contribution < -0.4 is 10.0 Å². The lowest BCUT2D eigenvalue weighted by atomic mass is 10.1. The van der Waals surface area contributed by atoms with Crippen LogP contribution >= 0.6 is 0 Å². The van der Waals surface area contributed by atoms with Gasteiger partial charge in [-0.05, 0) is 54.9 Å². The van der Waals surface area contributed by atoms with Crippen LogP contribution in [0.1, 0.15) is 16.7 Å². The molecule has 22 heavy (non-hydrogen) atoms. The van der Waals surface area contributed by atoms with E-state index in [2.05, 4.69) is 10.0 Å². The molecular formula is C16H19FN2O2S. The number of benzene rings is 2. The van der Waals surface area contributed by atoms with Gasteiger partial charge in [0.2, 0.25) is 10.0 Å². The van der Waals surface area contributed by atoms with E-state index in [1.54, 1.807) is 24.3 Å². The topological polar surface area (TPSA) is 58.2 Å². The van der Waals surface area contributed by atoms with Gasteiger partial charge in [0.15, 0.2) is 0 Å². The quantitative estimate of drug-likeness (QED) is 0.858. The van der Waals surface area contributed by atoms with E-state index >= 15 is 0 Å². The van der Waals surface area contributed by atoms with Crippen LogP contribution in [0.25, 0.3) is 0 Å². The molecule has 0 radical (unpaired) electrons. The summed E-state index contributed by atoms with van der Waals surface area (Å²) < 4.78 is 39.0. The molecule has 0 spiro atoms. The third-order valence-electron chi connectivity index (χ3n) is 3.43. The zero-order valence-corrected chi connectivity index (χ0v) is 13.4. The fourth-order valence-electron chi connectivity index (χ4n) is 2.11. The van der Waals surface area contributed by atoms with Crippen LogP contribution in [0, 0.1) is 12.7 Å². The summed E-state index contributed by atoms with van der Waals surface area (Å²) in [6, 6.07) is 11.4. The van der Waals surface area contributed by atoms with Crippen molar-refractivity contribution < 1.29 is 12.8 Å². The van der Waals surface area contributed by atoms with Crippen molar-refractivity contribution in [1.29, 1.82) is 0 Å². The normalized spacial score (nSPS) is 11.6. The summed E-state index contributed by atoms with van der Waals surface area (Å²) in [4.78, 5) is 0.233. The first-order chi connectivity index (χ1) is 10.4. The Morgan fingerprint density at radius 3 is 2.59 bits per heavy atom. The molecule has 0 heterocycles. The van der Waals surface area contributed by atoms with Crippen molar-refractivity contribution in [3.63, 3.8) is 0 Å². The number of rotatable bonds is 6. The predicted octanol–water partition coefficient (Wildman–Crippen LogP) is 2.33. The number of hydrogen-bond donors (Lipinski definition) is 2. The summed E-state index contributed by atoms with van der Waals surface area (Å²) in [5.74, 6) is -0.260. The fraction of sp³-hybridized carbons (Fsp3) is 0.250. The first-order valence-electron chi connectivity index (χ1n) is 6.90. The van der Waals surface area contributed by atoms with Crippen molar-refractivity contribution in [3.8, 4) is 0 Å². The summed E-state index contributed by atoms with van der Waals surface area (Å²) in [7, 11) is -2.06. The highest BCUT2D eigenvalue weighted by molar-refractivity contribution is 7.89. The molecule has 0 aromatic heterocycles. The molecule has 6 heteroatoms. The van der Waals surface area contributed by atoms with E-state index in [4.69, 9.17) is 0 Å². The number of sulfonamides is 1. The Kier molecular flexibility index (Phi) is 5.28. The lowest BCUT2D eigenvalue weighted by molar-refractivity contribution is 0.587. The maximum absolute atomic E-state index is 13.2. The zero-order valence-electron chi connectivity index (χ0n) is 12.6. The minimum atomic E-state index is -3.44. The van der Waals surface area contributed by atoms with Gasteiger partial charge >= 0.3 is 0 Å². The molecule has 0 aliphatic rings. The van der Waals surface area contributed by atoms with Gasteiger partial charge in [-0.3, -0.25) is 0 Å². The zero-order chi connectivity index (χ0) is 16.2. The monoisotopic (exact) mass is 322 g/mol. The van der Waals surface area contributed by atoms with Gasteiger partial charge < -0.3 is 5.32 Å². The fourth-order valence-corrected chi connectivity index (χ4v) is 2.91. The van der Waals surface area contributed by atoms with Gasteiger partial charge in [0.05, 0.1) is 4.90 Å². The maximum Gasteiger partial charge on any atom is 0.240 e. The summed E-state index contributed by atoms with van der Waals surface area (Å²) >= 11 is 0. The lowest BCUT2D eigenvalue weighted by Crippen LogP contribution is -2.19. The van der Waals surface area contributed by atoms with Gasteiger partial charge in [0, 0.05) is 13.1 Å². The number of hydrogen-bond acceptors (Lipinski definition) is 3. The van der Waals surface area contributed by atoms with Gasteiger partial charge in [-0.1, -0.05) is 18.2 Å². The third-order valence-corrected chi connectivity index (χ3v) is 4.85. The van der Waals surface area contributed by atoms with Crippen LogP contribution in [0.15, 0.2) is 47.4 Å². The number of aryl methyl sites for hydroxylation is 1. The molecule has 0 aliphatic carbocycles. The van der Waals surface area contributed by atoms with Crippen LogP contribution in [0.2, 0.25) is 0 Å². The van der Waals surface area contributed by atoms with E-state index in [-0.39, 0.29) is 10.7 Å². The smallest absolute Gasteiger partial charge is 0.240 e. The van der Waals surface area contributed by atoms with Gasteiger partial charge in [0.25, 0.3) is 0 Å². The second-order valence-corrected chi connectivity index (χ2v) is 6.92.